The summed E-state index contributed by atoms with van der Waals surface area (Å²) < 4.78 is 0.769. The van der Waals surface area contributed by atoms with Gasteiger partial charge in [-0.15, -0.1) is 11.3 Å². The molecular formula is C14H20ClN3O2S. The first-order chi connectivity index (χ1) is 9.94. The molecule has 1 aliphatic rings. The summed E-state index contributed by atoms with van der Waals surface area (Å²) in [4.78, 5) is 26.6. The molecule has 5 nitrogen and oxygen atoms in total. The number of nitrogens with one attached hydrogen (secondary N) is 2. The SMILES string of the molecule is CNC(=O)NCC(=O)N1CCC[C@]1(C)Cc1ccc(Cl)s1. The van der Waals surface area contributed by atoms with Crippen molar-refractivity contribution in [2.75, 3.05) is 20.1 Å². The molecule has 2 rings (SSSR count). The Bertz CT molecular complexity index is 534. The largest absolute Gasteiger partial charge is 0.341 e. The highest BCUT2D eigenvalue weighted by Crippen LogP contribution is 2.35. The lowest BCUT2D eigenvalue weighted by Crippen LogP contribution is -2.50. The van der Waals surface area contributed by atoms with E-state index in [1.807, 2.05) is 17.0 Å². The molecular weight excluding hydrogens is 310 g/mol. The van der Waals surface area contributed by atoms with Gasteiger partial charge in [0, 0.05) is 30.4 Å². The van der Waals surface area contributed by atoms with Gasteiger partial charge in [-0.2, -0.15) is 0 Å². The minimum Gasteiger partial charge on any atom is -0.341 e. The Morgan fingerprint density at radius 1 is 1.48 bits per heavy atom. The van der Waals surface area contributed by atoms with Crippen molar-refractivity contribution in [2.24, 2.45) is 0 Å². The molecule has 1 saturated heterocycles. The summed E-state index contributed by atoms with van der Waals surface area (Å²) >= 11 is 7.53. The van der Waals surface area contributed by atoms with E-state index in [4.69, 9.17) is 11.6 Å². The van der Waals surface area contributed by atoms with Crippen molar-refractivity contribution in [3.05, 3.63) is 21.3 Å². The topological polar surface area (TPSA) is 61.4 Å². The molecule has 0 radical (unpaired) electrons. The summed E-state index contributed by atoms with van der Waals surface area (Å²) in [5.74, 6) is -0.0405. The van der Waals surface area contributed by atoms with E-state index in [1.165, 1.54) is 11.9 Å². The Kier molecular flexibility index (Phi) is 5.11. The second-order valence-electron chi connectivity index (χ2n) is 5.46. The van der Waals surface area contributed by atoms with E-state index in [9.17, 15) is 9.59 Å². The van der Waals surface area contributed by atoms with Gasteiger partial charge in [0.15, 0.2) is 0 Å². The van der Waals surface area contributed by atoms with Gasteiger partial charge in [-0.05, 0) is 31.9 Å². The highest BCUT2D eigenvalue weighted by molar-refractivity contribution is 7.16. The third kappa shape index (κ3) is 3.89. The van der Waals surface area contributed by atoms with Crippen LogP contribution in [0.3, 0.4) is 0 Å². The molecule has 3 amide bonds. The van der Waals surface area contributed by atoms with Crippen LogP contribution in [0.5, 0.6) is 0 Å². The zero-order valence-electron chi connectivity index (χ0n) is 12.2. The quantitative estimate of drug-likeness (QED) is 0.890. The molecule has 116 valence electrons. The average molecular weight is 330 g/mol. The highest BCUT2D eigenvalue weighted by Gasteiger charge is 2.39. The van der Waals surface area contributed by atoms with Crippen LogP contribution in [0.15, 0.2) is 12.1 Å². The molecule has 1 fully saturated rings. The summed E-state index contributed by atoms with van der Waals surface area (Å²) in [6, 6.07) is 3.57. The monoisotopic (exact) mass is 329 g/mol. The zero-order chi connectivity index (χ0) is 15.5. The van der Waals surface area contributed by atoms with Gasteiger partial charge in [0.25, 0.3) is 0 Å². The van der Waals surface area contributed by atoms with Gasteiger partial charge in [0.2, 0.25) is 5.91 Å². The van der Waals surface area contributed by atoms with Gasteiger partial charge >= 0.3 is 6.03 Å². The molecule has 0 aliphatic carbocycles. The number of amides is 3. The average Bonchev–Trinajstić information content (AvgIpc) is 3.02. The zero-order valence-corrected chi connectivity index (χ0v) is 13.8. The molecule has 21 heavy (non-hydrogen) atoms. The molecule has 0 unspecified atom stereocenters. The molecule has 1 aromatic heterocycles. The summed E-state index contributed by atoms with van der Waals surface area (Å²) in [6.07, 6.45) is 2.76. The van der Waals surface area contributed by atoms with Crippen molar-refractivity contribution >= 4 is 34.9 Å². The lowest BCUT2D eigenvalue weighted by molar-refractivity contribution is -0.133. The van der Waals surface area contributed by atoms with Gasteiger partial charge in [-0.3, -0.25) is 4.79 Å². The first-order valence-electron chi connectivity index (χ1n) is 6.95. The van der Waals surface area contributed by atoms with Crippen LogP contribution in [0.1, 0.15) is 24.6 Å². The summed E-state index contributed by atoms with van der Waals surface area (Å²) in [5.41, 5.74) is -0.199. The Morgan fingerprint density at radius 2 is 2.24 bits per heavy atom. The minimum absolute atomic E-state index is 0.0282. The standard InChI is InChI=1S/C14H20ClN3O2S/c1-14(8-10-4-5-11(15)21-10)6-3-7-18(14)12(19)9-17-13(20)16-2/h4-5H,3,6-9H2,1-2H3,(H2,16,17,20)/t14-/m1/s1. The van der Waals surface area contributed by atoms with Crippen molar-refractivity contribution < 1.29 is 9.59 Å². The fraction of sp³-hybridized carbons (Fsp3) is 0.571. The second kappa shape index (κ2) is 6.66. The Morgan fingerprint density at radius 3 is 2.86 bits per heavy atom. The molecule has 2 heterocycles. The predicted molar refractivity (Wildman–Crippen MR) is 84.8 cm³/mol. The number of rotatable bonds is 4. The molecule has 0 aromatic carbocycles. The van der Waals surface area contributed by atoms with Crippen LogP contribution >= 0.6 is 22.9 Å². The van der Waals surface area contributed by atoms with E-state index in [0.717, 1.165) is 30.1 Å². The third-order valence-corrected chi connectivity index (χ3v) is 5.09. The van der Waals surface area contributed by atoms with Crippen molar-refractivity contribution in [2.45, 2.75) is 31.7 Å². The molecule has 0 saturated carbocycles. The first kappa shape index (κ1) is 16.1. The van der Waals surface area contributed by atoms with Gasteiger partial charge in [0.05, 0.1) is 10.9 Å². The maximum atomic E-state index is 12.3. The van der Waals surface area contributed by atoms with Crippen LogP contribution in [-0.4, -0.2) is 42.5 Å². The number of likely N-dealkylation sites (tertiary alicyclic amines) is 1. The molecule has 0 bridgehead atoms. The van der Waals surface area contributed by atoms with Crippen LogP contribution in [0.4, 0.5) is 4.79 Å². The summed E-state index contributed by atoms with van der Waals surface area (Å²) in [6.45, 7) is 2.87. The first-order valence-corrected chi connectivity index (χ1v) is 8.14. The number of carbonyl (C=O) groups is 2. The van der Waals surface area contributed by atoms with Crippen LogP contribution in [0.2, 0.25) is 4.34 Å². The maximum Gasteiger partial charge on any atom is 0.314 e. The van der Waals surface area contributed by atoms with Crippen LogP contribution < -0.4 is 10.6 Å². The molecule has 0 spiro atoms. The second-order valence-corrected chi connectivity index (χ2v) is 7.26. The minimum atomic E-state index is -0.339. The summed E-state index contributed by atoms with van der Waals surface area (Å²) in [5, 5.41) is 5.00. The van der Waals surface area contributed by atoms with E-state index in [2.05, 4.69) is 17.6 Å². The lowest BCUT2D eigenvalue weighted by atomic mass is 9.93. The third-order valence-electron chi connectivity index (χ3n) is 3.86. The summed E-state index contributed by atoms with van der Waals surface area (Å²) in [7, 11) is 1.53. The lowest BCUT2D eigenvalue weighted by Gasteiger charge is -2.35. The van der Waals surface area contributed by atoms with E-state index in [0.29, 0.717) is 0 Å². The van der Waals surface area contributed by atoms with Gasteiger partial charge in [-0.1, -0.05) is 11.6 Å². The van der Waals surface area contributed by atoms with Crippen LogP contribution in [0.25, 0.3) is 0 Å². The Labute approximate surface area is 133 Å². The number of halogens is 1. The van der Waals surface area contributed by atoms with E-state index in [1.54, 1.807) is 11.3 Å². The number of hydrogen-bond acceptors (Lipinski definition) is 3. The highest BCUT2D eigenvalue weighted by atomic mass is 35.5. The number of thiophene rings is 1. The van der Waals surface area contributed by atoms with E-state index in [-0.39, 0.29) is 24.0 Å². The number of nitrogens with zero attached hydrogens (tertiary/aromatic N) is 1. The van der Waals surface area contributed by atoms with Gasteiger partial charge < -0.3 is 15.5 Å². The fourth-order valence-electron chi connectivity index (χ4n) is 2.79. The fourth-order valence-corrected chi connectivity index (χ4v) is 4.06. The normalized spacial score (nSPS) is 21.4. The Hall–Kier alpha value is -1.27. The van der Waals surface area contributed by atoms with Crippen molar-refractivity contribution in [3.63, 3.8) is 0 Å². The van der Waals surface area contributed by atoms with E-state index < -0.39 is 0 Å². The van der Waals surface area contributed by atoms with Crippen molar-refractivity contribution in [1.29, 1.82) is 0 Å². The number of urea groups is 1. The number of carbonyl (C=O) groups excluding carboxylic acids is 2. The van der Waals surface area contributed by atoms with Crippen molar-refractivity contribution in [3.8, 4) is 0 Å². The molecule has 1 aromatic rings. The van der Waals surface area contributed by atoms with Crippen LogP contribution in [-0.2, 0) is 11.2 Å². The van der Waals surface area contributed by atoms with Gasteiger partial charge in [-0.25, -0.2) is 4.79 Å². The predicted octanol–water partition coefficient (Wildman–Crippen LogP) is 2.25. The smallest absolute Gasteiger partial charge is 0.314 e. The molecule has 1 aliphatic heterocycles. The maximum absolute atomic E-state index is 12.3. The van der Waals surface area contributed by atoms with Gasteiger partial charge in [0.1, 0.15) is 0 Å². The van der Waals surface area contributed by atoms with E-state index >= 15 is 0 Å². The number of hydrogen-bond donors (Lipinski definition) is 2. The molecule has 2 N–H and O–H groups in total. The Balaban J connectivity index is 2.01. The van der Waals surface area contributed by atoms with Crippen LogP contribution in [0, 0.1) is 0 Å². The molecule has 1 atom stereocenters. The molecule has 7 heteroatoms. The van der Waals surface area contributed by atoms with Crippen molar-refractivity contribution in [1.82, 2.24) is 15.5 Å².